The van der Waals surface area contributed by atoms with Gasteiger partial charge in [-0.25, -0.2) is 0 Å². The van der Waals surface area contributed by atoms with Crippen molar-refractivity contribution in [1.82, 2.24) is 4.98 Å². The molecule has 0 N–H and O–H groups in total. The van der Waals surface area contributed by atoms with E-state index < -0.39 is 7.14 Å². The maximum atomic E-state index is 14.2. The number of hydrogen-bond acceptors (Lipinski definition) is 2. The Labute approximate surface area is 166 Å². The topological polar surface area (TPSA) is 30.0 Å². The van der Waals surface area contributed by atoms with Gasteiger partial charge in [-0.2, -0.15) is 0 Å². The van der Waals surface area contributed by atoms with Crippen molar-refractivity contribution in [2.45, 2.75) is 6.42 Å². The Hall–Kier alpha value is -2.96. The van der Waals surface area contributed by atoms with E-state index in [1.165, 1.54) is 5.56 Å². The molecule has 28 heavy (non-hydrogen) atoms. The van der Waals surface area contributed by atoms with E-state index in [0.717, 1.165) is 28.2 Å². The maximum absolute atomic E-state index is 14.2. The minimum absolute atomic E-state index is 0.603. The molecule has 4 aromatic rings. The SMILES string of the molecule is O=P(CCc1ccncc1)(c1ccccc1)c1ccc(-c2ccccc2)cc1. The first-order valence-electron chi connectivity index (χ1n) is 9.45. The molecule has 0 bridgehead atoms. The Morgan fingerprint density at radius 3 is 1.79 bits per heavy atom. The highest BCUT2D eigenvalue weighted by molar-refractivity contribution is 7.78. The minimum Gasteiger partial charge on any atom is -0.314 e. The monoisotopic (exact) mass is 383 g/mol. The van der Waals surface area contributed by atoms with Crippen molar-refractivity contribution in [3.05, 3.63) is 115 Å². The minimum atomic E-state index is -2.72. The molecule has 138 valence electrons. The van der Waals surface area contributed by atoms with Crippen LogP contribution in [-0.2, 0) is 11.0 Å². The zero-order valence-corrected chi connectivity index (χ0v) is 16.5. The molecule has 4 rings (SSSR count). The Morgan fingerprint density at radius 1 is 0.607 bits per heavy atom. The van der Waals surface area contributed by atoms with Crippen LogP contribution in [0.4, 0.5) is 0 Å². The number of nitrogens with zero attached hydrogens (tertiary/aromatic N) is 1. The highest BCUT2D eigenvalue weighted by Crippen LogP contribution is 2.44. The van der Waals surface area contributed by atoms with E-state index in [1.54, 1.807) is 12.4 Å². The summed E-state index contributed by atoms with van der Waals surface area (Å²) < 4.78 is 14.2. The van der Waals surface area contributed by atoms with Gasteiger partial charge >= 0.3 is 0 Å². The van der Waals surface area contributed by atoms with E-state index in [9.17, 15) is 4.57 Å². The van der Waals surface area contributed by atoms with E-state index in [1.807, 2.05) is 72.8 Å². The standard InChI is InChI=1S/C25H22NOP/c27-28(24-9-5-2-6-10-24,20-17-21-15-18-26-19-16-21)25-13-11-23(12-14-25)22-7-3-1-4-8-22/h1-16,18-19H,17,20H2. The number of hydrogen-bond donors (Lipinski definition) is 0. The zero-order chi connectivity index (χ0) is 19.2. The van der Waals surface area contributed by atoms with Gasteiger partial charge in [-0.1, -0.05) is 84.9 Å². The van der Waals surface area contributed by atoms with Crippen LogP contribution in [0.1, 0.15) is 5.56 Å². The second-order valence-electron chi connectivity index (χ2n) is 6.82. The second-order valence-corrected chi connectivity index (χ2v) is 9.78. The largest absolute Gasteiger partial charge is 0.314 e. The molecule has 1 atom stereocenters. The van der Waals surface area contributed by atoms with Gasteiger partial charge in [0.1, 0.15) is 7.14 Å². The fraction of sp³-hybridized carbons (Fsp3) is 0.0800. The van der Waals surface area contributed by atoms with Crippen LogP contribution in [0.25, 0.3) is 11.1 Å². The molecule has 3 aromatic carbocycles. The predicted octanol–water partition coefficient (Wildman–Crippen LogP) is 5.31. The first-order valence-corrected chi connectivity index (χ1v) is 11.3. The lowest BCUT2D eigenvalue weighted by atomic mass is 10.1. The fourth-order valence-electron chi connectivity index (χ4n) is 3.44. The highest BCUT2D eigenvalue weighted by atomic mass is 31.2. The summed E-state index contributed by atoms with van der Waals surface area (Å²) in [7, 11) is -2.72. The van der Waals surface area contributed by atoms with E-state index >= 15 is 0 Å². The molecule has 0 aliphatic heterocycles. The third-order valence-corrected chi connectivity index (χ3v) is 8.15. The maximum Gasteiger partial charge on any atom is 0.143 e. The fourth-order valence-corrected chi connectivity index (χ4v) is 6.11. The van der Waals surface area contributed by atoms with Crippen LogP contribution in [0.5, 0.6) is 0 Å². The summed E-state index contributed by atoms with van der Waals surface area (Å²) in [6, 6.07) is 32.3. The van der Waals surface area contributed by atoms with Gasteiger partial charge in [0, 0.05) is 29.2 Å². The van der Waals surface area contributed by atoms with Crippen LogP contribution in [0.3, 0.4) is 0 Å². The second kappa shape index (κ2) is 8.37. The van der Waals surface area contributed by atoms with Gasteiger partial charge in [-0.3, -0.25) is 4.98 Å². The molecule has 0 spiro atoms. The van der Waals surface area contributed by atoms with E-state index in [4.69, 9.17) is 0 Å². The van der Waals surface area contributed by atoms with Crippen molar-refractivity contribution in [1.29, 1.82) is 0 Å². The molecule has 0 fully saturated rings. The number of rotatable bonds is 6. The lowest BCUT2D eigenvalue weighted by molar-refractivity contribution is 0.586. The lowest BCUT2D eigenvalue weighted by Gasteiger charge is -2.20. The van der Waals surface area contributed by atoms with Crippen LogP contribution < -0.4 is 10.6 Å². The van der Waals surface area contributed by atoms with Crippen molar-refractivity contribution in [2.75, 3.05) is 6.16 Å². The molecule has 1 heterocycles. The van der Waals surface area contributed by atoms with Gasteiger partial charge in [0.25, 0.3) is 0 Å². The van der Waals surface area contributed by atoms with Gasteiger partial charge in [0.05, 0.1) is 0 Å². The number of aryl methyl sites for hydroxylation is 1. The van der Waals surface area contributed by atoms with E-state index in [2.05, 4.69) is 29.2 Å². The van der Waals surface area contributed by atoms with Gasteiger partial charge < -0.3 is 4.57 Å². The summed E-state index contributed by atoms with van der Waals surface area (Å²) in [5.41, 5.74) is 3.46. The Bertz CT molecular complexity index is 1060. The Morgan fingerprint density at radius 2 is 1.14 bits per heavy atom. The van der Waals surface area contributed by atoms with Crippen LogP contribution in [0.2, 0.25) is 0 Å². The molecule has 2 nitrogen and oxygen atoms in total. The molecule has 0 saturated carbocycles. The summed E-state index contributed by atoms with van der Waals surface area (Å²) in [5.74, 6) is 0. The molecule has 0 aliphatic carbocycles. The third kappa shape index (κ3) is 3.98. The predicted molar refractivity (Wildman–Crippen MR) is 118 cm³/mol. The Balaban J connectivity index is 1.68. The zero-order valence-electron chi connectivity index (χ0n) is 15.6. The molecule has 3 heteroatoms. The molecule has 1 aromatic heterocycles. The average molecular weight is 383 g/mol. The number of benzene rings is 3. The normalized spacial score (nSPS) is 13.0. The smallest absolute Gasteiger partial charge is 0.143 e. The quantitative estimate of drug-likeness (QED) is 0.423. The van der Waals surface area contributed by atoms with Crippen molar-refractivity contribution in [2.24, 2.45) is 0 Å². The lowest BCUT2D eigenvalue weighted by Crippen LogP contribution is -2.19. The Kier molecular flexibility index (Phi) is 5.50. The summed E-state index contributed by atoms with van der Waals surface area (Å²) in [6.45, 7) is 0. The molecular formula is C25H22NOP. The van der Waals surface area contributed by atoms with E-state index in [0.29, 0.717) is 6.16 Å². The molecule has 1 unspecified atom stereocenters. The van der Waals surface area contributed by atoms with Crippen LogP contribution in [0, 0.1) is 0 Å². The molecule has 0 aliphatic rings. The number of aromatic nitrogens is 1. The van der Waals surface area contributed by atoms with Gasteiger partial charge in [0.15, 0.2) is 0 Å². The number of pyridine rings is 1. The first kappa shape index (κ1) is 18.4. The summed E-state index contributed by atoms with van der Waals surface area (Å²) in [5, 5.41) is 1.82. The third-order valence-electron chi connectivity index (χ3n) is 5.03. The van der Waals surface area contributed by atoms with Gasteiger partial charge in [-0.15, -0.1) is 0 Å². The summed E-state index contributed by atoms with van der Waals surface area (Å²) in [6.07, 6.45) is 4.94. The van der Waals surface area contributed by atoms with Crippen LogP contribution in [-0.4, -0.2) is 11.1 Å². The molecule has 0 amide bonds. The molecule has 0 radical (unpaired) electrons. The molecular weight excluding hydrogens is 361 g/mol. The van der Waals surface area contributed by atoms with Crippen molar-refractivity contribution >= 4 is 17.8 Å². The van der Waals surface area contributed by atoms with Crippen molar-refractivity contribution < 1.29 is 4.57 Å². The molecule has 0 saturated heterocycles. The van der Waals surface area contributed by atoms with Gasteiger partial charge in [-0.05, 0) is 35.2 Å². The average Bonchev–Trinajstić information content (AvgIpc) is 2.79. The van der Waals surface area contributed by atoms with E-state index in [-0.39, 0.29) is 0 Å². The van der Waals surface area contributed by atoms with Crippen LogP contribution in [0.15, 0.2) is 109 Å². The summed E-state index contributed by atoms with van der Waals surface area (Å²) in [4.78, 5) is 4.08. The summed E-state index contributed by atoms with van der Waals surface area (Å²) >= 11 is 0. The first-order chi connectivity index (χ1) is 13.8. The van der Waals surface area contributed by atoms with Crippen LogP contribution >= 0.6 is 7.14 Å². The van der Waals surface area contributed by atoms with Crippen molar-refractivity contribution in [3.8, 4) is 11.1 Å². The highest BCUT2D eigenvalue weighted by Gasteiger charge is 2.26. The van der Waals surface area contributed by atoms with Gasteiger partial charge in [0.2, 0.25) is 0 Å². The van der Waals surface area contributed by atoms with Crippen molar-refractivity contribution in [3.63, 3.8) is 0 Å².